The minimum absolute atomic E-state index is 0.0163. The standard InChI is InChI=1S/C20H22N3O11P/c24-18(34-13-21-20(26)33-12-14-5-2-1-3-6-14)7-4-8-35(31,32)19(25)15-9-16(22(27)28)11-17(10-15)23(29)30/h1-3,5-6,9-11,19,25H,4,7-8,12-13H2,(H,21,26)(H,31,32)/t19-/m0/s1. The molecule has 0 aliphatic rings. The molecule has 0 fully saturated rings. The highest BCUT2D eigenvalue weighted by atomic mass is 31.2. The number of ether oxygens (including phenoxy) is 2. The number of amides is 1. The quantitative estimate of drug-likeness (QED) is 0.124. The van der Waals surface area contributed by atoms with Crippen LogP contribution < -0.4 is 5.32 Å². The van der Waals surface area contributed by atoms with Crippen molar-refractivity contribution < 1.29 is 43.5 Å². The Kier molecular flexibility index (Phi) is 9.82. The normalized spacial score (nSPS) is 13.2. The monoisotopic (exact) mass is 511 g/mol. The molecule has 14 nitrogen and oxygen atoms in total. The van der Waals surface area contributed by atoms with Crippen molar-refractivity contribution in [3.8, 4) is 0 Å². The zero-order chi connectivity index (χ0) is 26.0. The van der Waals surface area contributed by atoms with Crippen LogP contribution in [0.5, 0.6) is 0 Å². The van der Waals surface area contributed by atoms with E-state index >= 15 is 0 Å². The van der Waals surface area contributed by atoms with E-state index in [1.807, 2.05) is 0 Å². The van der Waals surface area contributed by atoms with Crippen LogP contribution in [0.3, 0.4) is 0 Å². The number of hydrogen-bond donors (Lipinski definition) is 3. The SMILES string of the molecule is O=C(CCCP(=O)(O)[C@H](O)c1cc([N+](=O)[O-])cc([N+](=O)[O-])c1)OCNC(=O)OCc1ccccc1. The molecule has 0 saturated heterocycles. The summed E-state index contributed by atoms with van der Waals surface area (Å²) in [7, 11) is -4.43. The molecule has 0 bridgehead atoms. The molecular weight excluding hydrogens is 489 g/mol. The van der Waals surface area contributed by atoms with Gasteiger partial charge < -0.3 is 19.5 Å². The molecule has 0 aliphatic carbocycles. The van der Waals surface area contributed by atoms with Gasteiger partial charge in [-0.15, -0.1) is 0 Å². The maximum atomic E-state index is 12.5. The molecule has 0 heterocycles. The van der Waals surface area contributed by atoms with Gasteiger partial charge in [0, 0.05) is 30.3 Å². The number of nitrogens with zero attached hydrogens (tertiary/aromatic N) is 2. The van der Waals surface area contributed by atoms with Gasteiger partial charge in [-0.3, -0.25) is 34.9 Å². The molecule has 1 unspecified atom stereocenters. The van der Waals surface area contributed by atoms with Crippen LogP contribution in [0.25, 0.3) is 0 Å². The second kappa shape index (κ2) is 12.6. The summed E-state index contributed by atoms with van der Waals surface area (Å²) >= 11 is 0. The number of carbonyl (C=O) groups excluding carboxylic acids is 2. The number of benzene rings is 2. The number of alkyl carbamates (subject to hydrolysis) is 1. The lowest BCUT2D eigenvalue weighted by atomic mass is 10.2. The predicted octanol–water partition coefficient (Wildman–Crippen LogP) is 2.97. The molecule has 0 radical (unpaired) electrons. The van der Waals surface area contributed by atoms with E-state index in [9.17, 15) is 44.4 Å². The van der Waals surface area contributed by atoms with Gasteiger partial charge in [0.05, 0.1) is 15.9 Å². The number of hydrogen-bond acceptors (Lipinski definition) is 10. The largest absolute Gasteiger partial charge is 0.445 e. The van der Waals surface area contributed by atoms with Crippen molar-refractivity contribution in [1.82, 2.24) is 5.32 Å². The molecule has 0 spiro atoms. The Hall–Kier alpha value is -3.87. The van der Waals surface area contributed by atoms with E-state index in [1.165, 1.54) is 0 Å². The minimum atomic E-state index is -4.43. The van der Waals surface area contributed by atoms with Gasteiger partial charge >= 0.3 is 12.1 Å². The Labute approximate surface area is 198 Å². The van der Waals surface area contributed by atoms with Crippen LogP contribution in [0.1, 0.15) is 29.8 Å². The molecular formula is C20H22N3O11P. The lowest BCUT2D eigenvalue weighted by Crippen LogP contribution is -2.28. The molecule has 2 aromatic carbocycles. The summed E-state index contributed by atoms with van der Waals surface area (Å²) in [5.74, 6) is -2.95. The summed E-state index contributed by atoms with van der Waals surface area (Å²) < 4.78 is 22.2. The third kappa shape index (κ3) is 8.77. The number of nitro benzene ring substituents is 2. The maximum Gasteiger partial charge on any atom is 0.410 e. The molecule has 0 aliphatic heterocycles. The van der Waals surface area contributed by atoms with Gasteiger partial charge in [0.15, 0.2) is 12.6 Å². The molecule has 15 heteroatoms. The van der Waals surface area contributed by atoms with Crippen LogP contribution in [0.4, 0.5) is 16.2 Å². The first-order chi connectivity index (χ1) is 16.5. The second-order valence-electron chi connectivity index (χ2n) is 7.15. The molecule has 3 N–H and O–H groups in total. The van der Waals surface area contributed by atoms with Crippen LogP contribution >= 0.6 is 7.37 Å². The van der Waals surface area contributed by atoms with Crippen LogP contribution in [0.2, 0.25) is 0 Å². The van der Waals surface area contributed by atoms with Crippen LogP contribution in [0.15, 0.2) is 48.5 Å². The number of nitro groups is 2. The van der Waals surface area contributed by atoms with Gasteiger partial charge in [-0.1, -0.05) is 30.3 Å². The van der Waals surface area contributed by atoms with E-state index in [0.29, 0.717) is 6.07 Å². The average molecular weight is 511 g/mol. The molecule has 0 saturated carbocycles. The highest BCUT2D eigenvalue weighted by Crippen LogP contribution is 2.55. The Morgan fingerprint density at radius 2 is 1.63 bits per heavy atom. The lowest BCUT2D eigenvalue weighted by molar-refractivity contribution is -0.394. The molecule has 35 heavy (non-hydrogen) atoms. The summed E-state index contributed by atoms with van der Waals surface area (Å²) in [5.41, 5.74) is -1.18. The second-order valence-corrected chi connectivity index (χ2v) is 9.60. The first kappa shape index (κ1) is 27.4. The van der Waals surface area contributed by atoms with Crippen molar-refractivity contribution in [2.45, 2.75) is 25.3 Å². The summed E-state index contributed by atoms with van der Waals surface area (Å²) in [5, 5.41) is 34.3. The summed E-state index contributed by atoms with van der Waals surface area (Å²) in [6.07, 6.45) is -1.95. The summed E-state index contributed by atoms with van der Waals surface area (Å²) in [6.45, 7) is -0.480. The van der Waals surface area contributed by atoms with Gasteiger partial charge in [0.25, 0.3) is 11.4 Å². The van der Waals surface area contributed by atoms with E-state index in [1.54, 1.807) is 30.3 Å². The van der Waals surface area contributed by atoms with Gasteiger partial charge in [-0.05, 0) is 12.0 Å². The number of aliphatic hydroxyl groups is 1. The van der Waals surface area contributed by atoms with E-state index in [4.69, 9.17) is 9.47 Å². The number of non-ortho nitro benzene ring substituents is 2. The van der Waals surface area contributed by atoms with Crippen molar-refractivity contribution in [2.24, 2.45) is 0 Å². The summed E-state index contributed by atoms with van der Waals surface area (Å²) in [4.78, 5) is 53.5. The van der Waals surface area contributed by atoms with Crippen LogP contribution in [-0.2, 0) is 25.4 Å². The fourth-order valence-corrected chi connectivity index (χ4v) is 4.28. The molecule has 2 rings (SSSR count). The zero-order valence-electron chi connectivity index (χ0n) is 18.1. The van der Waals surface area contributed by atoms with Gasteiger partial charge in [-0.25, -0.2) is 4.79 Å². The van der Waals surface area contributed by atoms with Crippen molar-refractivity contribution in [3.05, 3.63) is 79.9 Å². The van der Waals surface area contributed by atoms with E-state index < -0.39 is 65.0 Å². The molecule has 2 aromatic rings. The van der Waals surface area contributed by atoms with E-state index in [-0.39, 0.29) is 19.4 Å². The van der Waals surface area contributed by atoms with Crippen molar-refractivity contribution in [1.29, 1.82) is 0 Å². The van der Waals surface area contributed by atoms with Crippen LogP contribution in [0, 0.1) is 20.2 Å². The Morgan fingerprint density at radius 1 is 1.03 bits per heavy atom. The van der Waals surface area contributed by atoms with Crippen molar-refractivity contribution in [3.63, 3.8) is 0 Å². The molecule has 2 atom stereocenters. The Bertz CT molecular complexity index is 1090. The number of aliphatic hydroxyl groups excluding tert-OH is 1. The molecule has 188 valence electrons. The summed E-state index contributed by atoms with van der Waals surface area (Å²) in [6, 6.07) is 11.0. The average Bonchev–Trinajstić information content (AvgIpc) is 2.82. The topological polar surface area (TPSA) is 208 Å². The third-order valence-corrected chi connectivity index (χ3v) is 6.57. The first-order valence-electron chi connectivity index (χ1n) is 10.0. The maximum absolute atomic E-state index is 12.5. The van der Waals surface area contributed by atoms with Gasteiger partial charge in [-0.2, -0.15) is 0 Å². The predicted molar refractivity (Wildman–Crippen MR) is 119 cm³/mol. The Balaban J connectivity index is 1.79. The van der Waals surface area contributed by atoms with Crippen molar-refractivity contribution >= 4 is 30.8 Å². The molecule has 1 amide bonds. The zero-order valence-corrected chi connectivity index (χ0v) is 19.0. The number of rotatable bonds is 12. The minimum Gasteiger partial charge on any atom is -0.445 e. The number of carbonyl (C=O) groups is 2. The fourth-order valence-electron chi connectivity index (χ4n) is 2.80. The third-order valence-electron chi connectivity index (χ3n) is 4.55. The molecule has 0 aromatic heterocycles. The van der Waals surface area contributed by atoms with E-state index in [0.717, 1.165) is 17.7 Å². The highest BCUT2D eigenvalue weighted by molar-refractivity contribution is 7.58. The van der Waals surface area contributed by atoms with Crippen molar-refractivity contribution in [2.75, 3.05) is 12.9 Å². The van der Waals surface area contributed by atoms with Gasteiger partial charge in [0.1, 0.15) is 6.61 Å². The fraction of sp³-hybridized carbons (Fsp3) is 0.300. The number of esters is 1. The van der Waals surface area contributed by atoms with E-state index in [2.05, 4.69) is 5.32 Å². The highest BCUT2D eigenvalue weighted by Gasteiger charge is 2.33. The smallest absolute Gasteiger partial charge is 0.410 e. The Morgan fingerprint density at radius 3 is 2.20 bits per heavy atom. The first-order valence-corrected chi connectivity index (χ1v) is 11.9. The number of nitrogens with one attached hydrogen (secondary N) is 1. The van der Waals surface area contributed by atoms with Gasteiger partial charge in [0.2, 0.25) is 7.37 Å². The lowest BCUT2D eigenvalue weighted by Gasteiger charge is -2.18. The van der Waals surface area contributed by atoms with Crippen LogP contribution in [-0.4, -0.2) is 44.8 Å².